The van der Waals surface area contributed by atoms with Crippen LogP contribution < -0.4 is 9.47 Å². The molecule has 3 aromatic rings. The van der Waals surface area contributed by atoms with Crippen molar-refractivity contribution >= 4 is 0 Å². The van der Waals surface area contributed by atoms with E-state index in [-0.39, 0.29) is 6.61 Å². The van der Waals surface area contributed by atoms with E-state index in [9.17, 15) is 5.11 Å². The number of aliphatic hydroxyl groups excluding tert-OH is 1. The van der Waals surface area contributed by atoms with E-state index in [0.717, 1.165) is 23.4 Å². The van der Waals surface area contributed by atoms with Crippen molar-refractivity contribution in [2.75, 3.05) is 47.1 Å². The molecule has 2 aromatic carbocycles. The second-order valence-electron chi connectivity index (χ2n) is 8.13. The maximum atomic E-state index is 10.5. The fourth-order valence-corrected chi connectivity index (χ4v) is 3.86. The van der Waals surface area contributed by atoms with Gasteiger partial charge in [0.05, 0.1) is 43.4 Å². The number of aryl methyl sites for hydroxylation is 1. The Bertz CT molecular complexity index is 1020. The maximum absolute atomic E-state index is 10.5. The smallest absolute Gasteiger partial charge is 0.227 e. The lowest BCUT2D eigenvalue weighted by Gasteiger charge is -2.25. The first kappa shape index (κ1) is 26.7. The minimum absolute atomic E-state index is 0.286. The van der Waals surface area contributed by atoms with Crippen molar-refractivity contribution in [2.24, 2.45) is 0 Å². The van der Waals surface area contributed by atoms with Gasteiger partial charge in [0.15, 0.2) is 11.5 Å². The fourth-order valence-electron chi connectivity index (χ4n) is 3.86. The lowest BCUT2D eigenvalue weighted by atomic mass is 10.1. The summed E-state index contributed by atoms with van der Waals surface area (Å²) in [5.74, 6) is 1.87. The first-order valence-corrected chi connectivity index (χ1v) is 12.0. The molecule has 0 bridgehead atoms. The molecular weight excluding hydrogens is 446 g/mol. The van der Waals surface area contributed by atoms with Gasteiger partial charge < -0.3 is 24.1 Å². The standard InChI is InChI=1S/C27H37N3O5/c1-5-24-23(19-29(16-17-32-3)18-22(31)20-34-6-2)27(30(28-24)21-12-8-7-9-13-21)35-26-15-11-10-14-25(26)33-4/h7-15,22,31H,5-6,16-20H2,1-4H3/t22-/m0/s1. The molecule has 0 fully saturated rings. The van der Waals surface area contributed by atoms with Crippen LogP contribution in [0.15, 0.2) is 54.6 Å². The number of hydrogen-bond acceptors (Lipinski definition) is 7. The van der Waals surface area contributed by atoms with Crippen LogP contribution in [0.2, 0.25) is 0 Å². The van der Waals surface area contributed by atoms with Crippen molar-refractivity contribution in [2.45, 2.75) is 32.9 Å². The number of rotatable bonds is 15. The molecule has 190 valence electrons. The molecule has 35 heavy (non-hydrogen) atoms. The lowest BCUT2D eigenvalue weighted by molar-refractivity contribution is 0.0147. The van der Waals surface area contributed by atoms with Gasteiger partial charge in [-0.2, -0.15) is 5.10 Å². The molecule has 0 saturated heterocycles. The number of hydrogen-bond donors (Lipinski definition) is 1. The minimum atomic E-state index is -0.611. The third kappa shape index (κ3) is 7.29. The Kier molecular flexibility index (Phi) is 10.6. The van der Waals surface area contributed by atoms with Crippen molar-refractivity contribution in [3.05, 3.63) is 65.9 Å². The van der Waals surface area contributed by atoms with E-state index in [1.54, 1.807) is 14.2 Å². The Hall–Kier alpha value is -2.91. The van der Waals surface area contributed by atoms with Crippen LogP contribution in [-0.4, -0.2) is 73.0 Å². The number of benzene rings is 2. The Morgan fingerprint density at radius 2 is 1.71 bits per heavy atom. The summed E-state index contributed by atoms with van der Waals surface area (Å²) < 4.78 is 24.6. The molecule has 0 radical (unpaired) electrons. The number of ether oxygens (including phenoxy) is 4. The van der Waals surface area contributed by atoms with Gasteiger partial charge in [0.1, 0.15) is 0 Å². The predicted octanol–water partition coefficient (Wildman–Crippen LogP) is 4.08. The van der Waals surface area contributed by atoms with Crippen molar-refractivity contribution in [1.29, 1.82) is 0 Å². The van der Waals surface area contributed by atoms with Gasteiger partial charge in [-0.05, 0) is 37.6 Å². The van der Waals surface area contributed by atoms with E-state index in [2.05, 4.69) is 11.8 Å². The third-order valence-electron chi connectivity index (χ3n) is 5.61. The van der Waals surface area contributed by atoms with Gasteiger partial charge >= 0.3 is 0 Å². The van der Waals surface area contributed by atoms with Crippen LogP contribution in [0, 0.1) is 0 Å². The molecule has 0 amide bonds. The van der Waals surface area contributed by atoms with E-state index in [4.69, 9.17) is 24.0 Å². The van der Waals surface area contributed by atoms with Crippen LogP contribution in [-0.2, 0) is 22.4 Å². The molecule has 3 rings (SSSR count). The summed E-state index contributed by atoms with van der Waals surface area (Å²) in [6.07, 6.45) is 0.122. The molecule has 1 N–H and O–H groups in total. The number of aromatic nitrogens is 2. The monoisotopic (exact) mass is 483 g/mol. The van der Waals surface area contributed by atoms with Gasteiger partial charge in [0.25, 0.3) is 0 Å². The van der Waals surface area contributed by atoms with Crippen molar-refractivity contribution in [1.82, 2.24) is 14.7 Å². The van der Waals surface area contributed by atoms with E-state index in [1.165, 1.54) is 0 Å². The van der Waals surface area contributed by atoms with E-state index >= 15 is 0 Å². The molecule has 0 aliphatic heterocycles. The number of para-hydroxylation sites is 3. The lowest BCUT2D eigenvalue weighted by Crippen LogP contribution is -2.36. The fraction of sp³-hybridized carbons (Fsp3) is 0.444. The molecule has 1 atom stereocenters. The van der Waals surface area contributed by atoms with Gasteiger partial charge in [-0.1, -0.05) is 37.3 Å². The Labute approximate surface area is 208 Å². The molecule has 8 heteroatoms. The normalized spacial score (nSPS) is 12.2. The summed E-state index contributed by atoms with van der Waals surface area (Å²) in [6, 6.07) is 17.5. The molecule has 0 unspecified atom stereocenters. The summed E-state index contributed by atoms with van der Waals surface area (Å²) in [7, 11) is 3.30. The van der Waals surface area contributed by atoms with Gasteiger partial charge in [-0.15, -0.1) is 0 Å². The summed E-state index contributed by atoms with van der Waals surface area (Å²) in [6.45, 7) is 7.01. The zero-order valence-corrected chi connectivity index (χ0v) is 21.1. The Morgan fingerprint density at radius 1 is 1.00 bits per heavy atom. The molecule has 0 aliphatic carbocycles. The average Bonchev–Trinajstić information content (AvgIpc) is 3.23. The second-order valence-corrected chi connectivity index (χ2v) is 8.13. The van der Waals surface area contributed by atoms with Crippen molar-refractivity contribution in [3.63, 3.8) is 0 Å². The van der Waals surface area contributed by atoms with Gasteiger partial charge in [0, 0.05) is 33.4 Å². The molecule has 0 saturated carbocycles. The first-order valence-electron chi connectivity index (χ1n) is 12.0. The topological polar surface area (TPSA) is 78.2 Å². The second kappa shape index (κ2) is 13.8. The maximum Gasteiger partial charge on any atom is 0.227 e. The molecular formula is C27H37N3O5. The minimum Gasteiger partial charge on any atom is -0.493 e. The van der Waals surface area contributed by atoms with Crippen LogP contribution in [0.3, 0.4) is 0 Å². The first-order chi connectivity index (χ1) is 17.1. The average molecular weight is 484 g/mol. The molecule has 8 nitrogen and oxygen atoms in total. The zero-order chi connectivity index (χ0) is 25.0. The molecule has 0 spiro atoms. The largest absolute Gasteiger partial charge is 0.493 e. The van der Waals surface area contributed by atoms with Gasteiger partial charge in [-0.3, -0.25) is 4.90 Å². The van der Waals surface area contributed by atoms with Crippen molar-refractivity contribution in [3.8, 4) is 23.1 Å². The summed E-state index contributed by atoms with van der Waals surface area (Å²) in [5, 5.41) is 15.5. The summed E-state index contributed by atoms with van der Waals surface area (Å²) >= 11 is 0. The van der Waals surface area contributed by atoms with Gasteiger partial charge in [0.2, 0.25) is 5.88 Å². The SMILES string of the molecule is CCOC[C@@H](O)CN(CCOC)Cc1c(CC)nn(-c2ccccc2)c1Oc1ccccc1OC. The zero-order valence-electron chi connectivity index (χ0n) is 21.1. The van der Waals surface area contributed by atoms with Crippen LogP contribution in [0.1, 0.15) is 25.1 Å². The van der Waals surface area contributed by atoms with Crippen LogP contribution in [0.25, 0.3) is 5.69 Å². The summed E-state index contributed by atoms with van der Waals surface area (Å²) in [5.41, 5.74) is 2.79. The van der Waals surface area contributed by atoms with Gasteiger partial charge in [-0.25, -0.2) is 4.68 Å². The molecule has 1 heterocycles. The number of nitrogens with zero attached hydrogens (tertiary/aromatic N) is 3. The van der Waals surface area contributed by atoms with Crippen LogP contribution in [0.4, 0.5) is 0 Å². The van der Waals surface area contributed by atoms with Crippen LogP contribution in [0.5, 0.6) is 17.4 Å². The summed E-state index contributed by atoms with van der Waals surface area (Å²) in [4.78, 5) is 2.15. The predicted molar refractivity (Wildman–Crippen MR) is 136 cm³/mol. The Balaban J connectivity index is 2.02. The highest BCUT2D eigenvalue weighted by molar-refractivity contribution is 5.47. The molecule has 1 aromatic heterocycles. The van der Waals surface area contributed by atoms with Crippen LogP contribution >= 0.6 is 0 Å². The molecule has 0 aliphatic rings. The van der Waals surface area contributed by atoms with Crippen molar-refractivity contribution < 1.29 is 24.1 Å². The Morgan fingerprint density at radius 3 is 2.37 bits per heavy atom. The van der Waals surface area contributed by atoms with E-state index in [0.29, 0.717) is 50.2 Å². The quantitative estimate of drug-likeness (QED) is 0.349. The highest BCUT2D eigenvalue weighted by atomic mass is 16.5. The number of aliphatic hydroxyl groups is 1. The number of methoxy groups -OCH3 is 2. The van der Waals surface area contributed by atoms with E-state index in [1.807, 2.05) is 66.2 Å². The van der Waals surface area contributed by atoms with E-state index < -0.39 is 6.10 Å². The highest BCUT2D eigenvalue weighted by Gasteiger charge is 2.24. The third-order valence-corrected chi connectivity index (χ3v) is 5.61. The highest BCUT2D eigenvalue weighted by Crippen LogP contribution is 2.36.